The average Bonchev–Trinajstić information content (AvgIpc) is 2.75. The number of aryl methyl sites for hydroxylation is 2. The molecule has 1 amide bonds. The summed E-state index contributed by atoms with van der Waals surface area (Å²) >= 11 is 0. The fourth-order valence-corrected chi connectivity index (χ4v) is 5.35. The monoisotopic (exact) mass is 407 g/mol. The number of nitrogens with one attached hydrogen (secondary N) is 1. The van der Waals surface area contributed by atoms with Crippen LogP contribution < -0.4 is 21.7 Å². The molecule has 0 aromatic heterocycles. The third-order valence-corrected chi connectivity index (χ3v) is 8.25. The van der Waals surface area contributed by atoms with Crippen molar-refractivity contribution in [2.75, 3.05) is 6.54 Å². The topological polar surface area (TPSA) is 29.1 Å². The van der Waals surface area contributed by atoms with E-state index in [4.69, 9.17) is 23.5 Å². The molecular weight excluding hydrogens is 375 g/mol. The first-order valence-corrected chi connectivity index (χ1v) is 11.0. The summed E-state index contributed by atoms with van der Waals surface area (Å²) in [5.74, 6) is -0.0966. The predicted octanol–water partition coefficient (Wildman–Crippen LogP) is 2.25. The summed E-state index contributed by atoms with van der Waals surface area (Å²) in [4.78, 5) is 12.6. The van der Waals surface area contributed by atoms with Crippen LogP contribution >= 0.6 is 0 Å². The van der Waals surface area contributed by atoms with E-state index in [1.807, 2.05) is 26.0 Å². The lowest BCUT2D eigenvalue weighted by molar-refractivity contribution is 0.0954. The van der Waals surface area contributed by atoms with E-state index in [1.54, 1.807) is 0 Å². The quantitative estimate of drug-likeness (QED) is 0.775. The molecule has 0 aliphatic heterocycles. The summed E-state index contributed by atoms with van der Waals surface area (Å²) in [7, 11) is 19.9. The van der Waals surface area contributed by atoms with Gasteiger partial charge in [0.2, 0.25) is 0 Å². The van der Waals surface area contributed by atoms with Gasteiger partial charge in [-0.3, -0.25) is 4.79 Å². The third kappa shape index (κ3) is 3.49. The van der Waals surface area contributed by atoms with Gasteiger partial charge in [0.25, 0.3) is 5.91 Å². The van der Waals surface area contributed by atoms with Crippen molar-refractivity contribution in [3.05, 3.63) is 51.6 Å². The fourth-order valence-electron chi connectivity index (χ4n) is 5.35. The smallest absolute Gasteiger partial charge is 0.251 e. The molecular formula is C26H32B3NO. The molecule has 0 saturated heterocycles. The Kier molecular flexibility index (Phi) is 5.83. The van der Waals surface area contributed by atoms with E-state index < -0.39 is 0 Å². The molecule has 3 rings (SSSR count). The molecule has 0 fully saturated rings. The molecule has 2 aromatic carbocycles. The number of fused-ring (bicyclic) bond motifs is 1. The Morgan fingerprint density at radius 3 is 1.81 bits per heavy atom. The molecule has 156 valence electrons. The summed E-state index contributed by atoms with van der Waals surface area (Å²) in [5.41, 5.74) is 7.28. The van der Waals surface area contributed by atoms with Gasteiger partial charge >= 0.3 is 0 Å². The second-order valence-electron chi connectivity index (χ2n) is 10.7. The van der Waals surface area contributed by atoms with Crippen LogP contribution in [-0.2, 0) is 17.3 Å². The molecule has 0 unspecified atom stereocenters. The molecule has 1 aliphatic carbocycles. The van der Waals surface area contributed by atoms with E-state index in [9.17, 15) is 4.79 Å². The molecule has 0 saturated carbocycles. The summed E-state index contributed by atoms with van der Waals surface area (Å²) in [6, 6.07) is 5.84. The Bertz CT molecular complexity index is 1050. The number of benzene rings is 2. The van der Waals surface area contributed by atoms with E-state index in [1.165, 1.54) is 0 Å². The molecule has 0 atom stereocenters. The maximum Gasteiger partial charge on any atom is 0.251 e. The van der Waals surface area contributed by atoms with Gasteiger partial charge in [-0.05, 0) is 59.8 Å². The van der Waals surface area contributed by atoms with Crippen LogP contribution in [0.15, 0.2) is 18.2 Å². The summed E-state index contributed by atoms with van der Waals surface area (Å²) in [5, 5.41) is 3.01. The van der Waals surface area contributed by atoms with Crippen molar-refractivity contribution in [1.82, 2.24) is 5.32 Å². The number of hydrogen-bond donors (Lipinski definition) is 1. The molecule has 0 bridgehead atoms. The Labute approximate surface area is 192 Å². The number of carbonyl (C=O) groups is 1. The Balaban J connectivity index is 1.93. The zero-order valence-corrected chi connectivity index (χ0v) is 20.3. The highest BCUT2D eigenvalue weighted by Crippen LogP contribution is 2.60. The van der Waals surface area contributed by atoms with E-state index in [0.717, 1.165) is 27.8 Å². The number of hydrogen-bond acceptors (Lipinski definition) is 1. The molecule has 6 radical (unpaired) electrons. The van der Waals surface area contributed by atoms with Gasteiger partial charge in [0.1, 0.15) is 23.5 Å². The van der Waals surface area contributed by atoms with Crippen molar-refractivity contribution in [1.29, 1.82) is 0 Å². The van der Waals surface area contributed by atoms with Crippen LogP contribution in [0, 0.1) is 19.3 Å². The first-order chi connectivity index (χ1) is 14.1. The van der Waals surface area contributed by atoms with Crippen LogP contribution in [0.5, 0.6) is 0 Å². The van der Waals surface area contributed by atoms with Crippen molar-refractivity contribution in [3.8, 4) is 0 Å². The normalized spacial score (nSPS) is 17.9. The predicted molar refractivity (Wildman–Crippen MR) is 134 cm³/mol. The van der Waals surface area contributed by atoms with Gasteiger partial charge in [-0.25, -0.2) is 0 Å². The van der Waals surface area contributed by atoms with Gasteiger partial charge in [-0.1, -0.05) is 75.2 Å². The zero-order chi connectivity index (χ0) is 23.5. The highest BCUT2D eigenvalue weighted by Gasteiger charge is 2.57. The second kappa shape index (κ2) is 7.61. The van der Waals surface area contributed by atoms with Gasteiger partial charge < -0.3 is 5.32 Å². The van der Waals surface area contributed by atoms with E-state index in [0.29, 0.717) is 34.9 Å². The van der Waals surface area contributed by atoms with Crippen LogP contribution in [0.1, 0.15) is 79.7 Å². The standard InChI is InChI=1S/C26H32B3NO/c1-14-11-15(2)13-16(12-14)23(31)30-10-9-17-20(27)18-19(22(29)21(17)28)25(5,6)26(7,8)24(18,3)4/h11-13H,9-10H2,1-8H3,(H,30,31). The fraction of sp³-hybridized carbons (Fsp3) is 0.500. The minimum atomic E-state index is -0.173. The lowest BCUT2D eigenvalue weighted by atomic mass is 9.58. The molecule has 0 heterocycles. The SMILES string of the molecule is [B]c1c([B])c2c(c([B])c1CCNC(=O)c1cc(C)cc(C)c1)C(C)(C)C(C)(C)C2(C)C. The second-order valence-corrected chi connectivity index (χ2v) is 10.7. The van der Waals surface area contributed by atoms with Crippen molar-refractivity contribution in [2.45, 2.75) is 72.6 Å². The van der Waals surface area contributed by atoms with Crippen LogP contribution in [0.2, 0.25) is 0 Å². The number of carbonyl (C=O) groups excluding carboxylic acids is 1. The molecule has 5 heteroatoms. The molecule has 1 aliphatic rings. The first-order valence-electron chi connectivity index (χ1n) is 11.0. The molecule has 2 nitrogen and oxygen atoms in total. The van der Waals surface area contributed by atoms with E-state index >= 15 is 0 Å². The largest absolute Gasteiger partial charge is 0.352 e. The van der Waals surface area contributed by atoms with Crippen LogP contribution in [0.4, 0.5) is 0 Å². The van der Waals surface area contributed by atoms with Gasteiger partial charge in [-0.15, -0.1) is 5.46 Å². The Morgan fingerprint density at radius 2 is 1.29 bits per heavy atom. The Morgan fingerprint density at radius 1 is 0.806 bits per heavy atom. The molecule has 0 spiro atoms. The maximum absolute atomic E-state index is 12.6. The number of rotatable bonds is 4. The van der Waals surface area contributed by atoms with Crippen molar-refractivity contribution in [2.24, 2.45) is 5.41 Å². The summed E-state index contributed by atoms with van der Waals surface area (Å²) in [6.45, 7) is 17.9. The average molecular weight is 407 g/mol. The lowest BCUT2D eigenvalue weighted by Gasteiger charge is -2.45. The van der Waals surface area contributed by atoms with Gasteiger partial charge in [0.15, 0.2) is 0 Å². The highest BCUT2D eigenvalue weighted by atomic mass is 16.1. The zero-order valence-electron chi connectivity index (χ0n) is 20.3. The van der Waals surface area contributed by atoms with Gasteiger partial charge in [0, 0.05) is 12.1 Å². The number of amides is 1. The third-order valence-electron chi connectivity index (χ3n) is 8.25. The van der Waals surface area contributed by atoms with Crippen molar-refractivity contribution in [3.63, 3.8) is 0 Å². The highest BCUT2D eigenvalue weighted by molar-refractivity contribution is 6.52. The maximum atomic E-state index is 12.6. The minimum absolute atomic E-state index is 0.0626. The van der Waals surface area contributed by atoms with Gasteiger partial charge in [0.05, 0.1) is 0 Å². The van der Waals surface area contributed by atoms with E-state index in [2.05, 4.69) is 52.9 Å². The molecule has 1 N–H and O–H groups in total. The van der Waals surface area contributed by atoms with Crippen molar-refractivity contribution >= 4 is 45.8 Å². The minimum Gasteiger partial charge on any atom is -0.352 e. The van der Waals surface area contributed by atoms with E-state index in [-0.39, 0.29) is 22.2 Å². The van der Waals surface area contributed by atoms with Gasteiger partial charge in [-0.2, -0.15) is 0 Å². The molecule has 2 aromatic rings. The lowest BCUT2D eigenvalue weighted by Crippen LogP contribution is -2.44. The summed E-state index contributed by atoms with van der Waals surface area (Å²) < 4.78 is 0. The first kappa shape index (κ1) is 23.8. The van der Waals surface area contributed by atoms with Crippen molar-refractivity contribution < 1.29 is 4.79 Å². The van der Waals surface area contributed by atoms with Crippen LogP contribution in [0.3, 0.4) is 0 Å². The van der Waals surface area contributed by atoms with Crippen LogP contribution in [-0.4, -0.2) is 36.0 Å². The van der Waals surface area contributed by atoms with Crippen LogP contribution in [0.25, 0.3) is 0 Å². The Hall–Kier alpha value is -1.90. The summed E-state index contributed by atoms with van der Waals surface area (Å²) in [6.07, 6.45) is 0.530. The molecule has 31 heavy (non-hydrogen) atoms.